The van der Waals surface area contributed by atoms with Crippen molar-refractivity contribution in [3.63, 3.8) is 0 Å². The van der Waals surface area contributed by atoms with Gasteiger partial charge in [-0.1, -0.05) is 23.7 Å². The average Bonchev–Trinajstić information content (AvgIpc) is 3.03. The lowest BCUT2D eigenvalue weighted by atomic mass is 10.2. The standard InChI is InChI=1S/C16H18ClN3OS2/c1-11(19-20-16(22)18-9-10-21-2)14-7-8-15(23-14)12-3-5-13(17)6-4-12/h3-8H,9-10H2,1-2H3,(H2,18,20,22)/b19-11-. The summed E-state index contributed by atoms with van der Waals surface area (Å²) in [5.41, 5.74) is 4.86. The molecule has 7 heteroatoms. The molecule has 0 aliphatic rings. The summed E-state index contributed by atoms with van der Waals surface area (Å²) in [7, 11) is 1.65. The van der Waals surface area contributed by atoms with E-state index >= 15 is 0 Å². The van der Waals surface area contributed by atoms with Crippen LogP contribution in [0.4, 0.5) is 0 Å². The van der Waals surface area contributed by atoms with Gasteiger partial charge in [0.25, 0.3) is 0 Å². The van der Waals surface area contributed by atoms with Crippen molar-refractivity contribution in [1.29, 1.82) is 0 Å². The van der Waals surface area contributed by atoms with Gasteiger partial charge in [-0.05, 0) is 49.0 Å². The highest BCUT2D eigenvalue weighted by molar-refractivity contribution is 7.80. The van der Waals surface area contributed by atoms with Gasteiger partial charge in [0, 0.05) is 23.6 Å². The summed E-state index contributed by atoms with van der Waals surface area (Å²) in [6.45, 7) is 3.19. The van der Waals surface area contributed by atoms with E-state index in [1.165, 1.54) is 4.88 Å². The van der Waals surface area contributed by atoms with E-state index in [2.05, 4.69) is 28.0 Å². The molecule has 0 unspecified atom stereocenters. The maximum Gasteiger partial charge on any atom is 0.187 e. The maximum absolute atomic E-state index is 5.92. The molecule has 0 radical (unpaired) electrons. The Morgan fingerprint density at radius 1 is 1.26 bits per heavy atom. The van der Waals surface area contributed by atoms with Gasteiger partial charge in [0.15, 0.2) is 5.11 Å². The van der Waals surface area contributed by atoms with Crippen LogP contribution in [-0.2, 0) is 4.74 Å². The van der Waals surface area contributed by atoms with Crippen LogP contribution in [0.3, 0.4) is 0 Å². The molecule has 122 valence electrons. The molecule has 0 fully saturated rings. The molecule has 1 heterocycles. The molecule has 0 spiro atoms. The fraction of sp³-hybridized carbons (Fsp3) is 0.250. The summed E-state index contributed by atoms with van der Waals surface area (Å²) >= 11 is 12.7. The first-order chi connectivity index (χ1) is 11.1. The monoisotopic (exact) mass is 367 g/mol. The Bertz CT molecular complexity index is 683. The van der Waals surface area contributed by atoms with E-state index in [9.17, 15) is 0 Å². The number of rotatable bonds is 6. The van der Waals surface area contributed by atoms with E-state index in [1.54, 1.807) is 18.4 Å². The lowest BCUT2D eigenvalue weighted by Gasteiger charge is -2.06. The molecule has 0 aliphatic carbocycles. The zero-order valence-corrected chi connectivity index (χ0v) is 15.3. The number of nitrogens with one attached hydrogen (secondary N) is 2. The Morgan fingerprint density at radius 3 is 2.70 bits per heavy atom. The van der Waals surface area contributed by atoms with Gasteiger partial charge in [0.1, 0.15) is 0 Å². The minimum absolute atomic E-state index is 0.482. The molecule has 1 aromatic heterocycles. The van der Waals surface area contributed by atoms with Crippen LogP contribution in [-0.4, -0.2) is 31.1 Å². The number of thiocarbonyl (C=S) groups is 1. The molecule has 0 amide bonds. The number of hydrogen-bond donors (Lipinski definition) is 2. The molecular formula is C16H18ClN3OS2. The third kappa shape index (κ3) is 5.58. The van der Waals surface area contributed by atoms with E-state index in [0.29, 0.717) is 18.3 Å². The van der Waals surface area contributed by atoms with Crippen molar-refractivity contribution in [3.8, 4) is 10.4 Å². The van der Waals surface area contributed by atoms with Crippen molar-refractivity contribution in [3.05, 3.63) is 46.3 Å². The first kappa shape index (κ1) is 17.9. The summed E-state index contributed by atoms with van der Waals surface area (Å²) in [5.74, 6) is 0. The van der Waals surface area contributed by atoms with Gasteiger partial charge in [0.2, 0.25) is 0 Å². The number of methoxy groups -OCH3 is 1. The molecule has 0 bridgehead atoms. The number of ether oxygens (including phenoxy) is 1. The van der Waals surface area contributed by atoms with Gasteiger partial charge in [0.05, 0.1) is 17.2 Å². The summed E-state index contributed by atoms with van der Waals surface area (Å²) < 4.78 is 4.95. The van der Waals surface area contributed by atoms with Gasteiger partial charge < -0.3 is 10.1 Å². The number of benzene rings is 1. The topological polar surface area (TPSA) is 45.6 Å². The highest BCUT2D eigenvalue weighted by Gasteiger charge is 2.05. The summed E-state index contributed by atoms with van der Waals surface area (Å²) in [4.78, 5) is 2.26. The smallest absolute Gasteiger partial charge is 0.187 e. The fourth-order valence-corrected chi connectivity index (χ4v) is 3.03. The lowest BCUT2D eigenvalue weighted by molar-refractivity contribution is 0.204. The number of nitrogens with zero attached hydrogens (tertiary/aromatic N) is 1. The second kappa shape index (κ2) is 8.98. The first-order valence-corrected chi connectivity index (χ1v) is 8.63. The molecule has 0 saturated carbocycles. The van der Waals surface area contributed by atoms with Crippen LogP contribution < -0.4 is 10.7 Å². The van der Waals surface area contributed by atoms with E-state index in [4.69, 9.17) is 28.6 Å². The maximum atomic E-state index is 5.92. The minimum Gasteiger partial charge on any atom is -0.383 e. The Hall–Kier alpha value is -1.47. The minimum atomic E-state index is 0.482. The summed E-state index contributed by atoms with van der Waals surface area (Å²) in [6, 6.07) is 11.9. The molecule has 0 aliphatic heterocycles. The molecular weight excluding hydrogens is 350 g/mol. The van der Waals surface area contributed by atoms with Crippen molar-refractivity contribution < 1.29 is 4.74 Å². The zero-order chi connectivity index (χ0) is 16.7. The molecule has 2 N–H and O–H groups in total. The van der Waals surface area contributed by atoms with E-state index in [0.717, 1.165) is 21.2 Å². The first-order valence-electron chi connectivity index (χ1n) is 7.03. The molecule has 0 saturated heterocycles. The van der Waals surface area contributed by atoms with Crippen molar-refractivity contribution in [1.82, 2.24) is 10.7 Å². The molecule has 2 aromatic rings. The largest absolute Gasteiger partial charge is 0.383 e. The van der Waals surface area contributed by atoms with Crippen LogP contribution >= 0.6 is 35.2 Å². The number of hydrogen-bond acceptors (Lipinski definition) is 4. The predicted molar refractivity (Wildman–Crippen MR) is 103 cm³/mol. The highest BCUT2D eigenvalue weighted by Crippen LogP contribution is 2.29. The van der Waals surface area contributed by atoms with Crippen LogP contribution in [0.15, 0.2) is 41.5 Å². The Morgan fingerprint density at radius 2 is 2.00 bits per heavy atom. The number of hydrazone groups is 1. The molecule has 1 aromatic carbocycles. The summed E-state index contributed by atoms with van der Waals surface area (Å²) in [6.07, 6.45) is 0. The van der Waals surface area contributed by atoms with Crippen LogP contribution in [0.2, 0.25) is 5.02 Å². The van der Waals surface area contributed by atoms with Gasteiger partial charge in [-0.25, -0.2) is 0 Å². The Balaban J connectivity index is 1.97. The number of thiophene rings is 1. The zero-order valence-electron chi connectivity index (χ0n) is 12.9. The van der Waals surface area contributed by atoms with E-state index < -0.39 is 0 Å². The molecule has 2 rings (SSSR count). The average molecular weight is 368 g/mol. The second-order valence-corrected chi connectivity index (χ2v) is 6.66. The van der Waals surface area contributed by atoms with Crippen LogP contribution in [0, 0.1) is 0 Å². The van der Waals surface area contributed by atoms with Crippen LogP contribution in [0.1, 0.15) is 11.8 Å². The van der Waals surface area contributed by atoms with Gasteiger partial charge in [-0.3, -0.25) is 5.43 Å². The highest BCUT2D eigenvalue weighted by atomic mass is 35.5. The van der Waals surface area contributed by atoms with Crippen molar-refractivity contribution in [2.24, 2.45) is 5.10 Å². The Kier molecular flexibility index (Phi) is 6.98. The Labute approximate surface area is 150 Å². The van der Waals surface area contributed by atoms with Crippen molar-refractivity contribution >= 4 is 46.0 Å². The van der Waals surface area contributed by atoms with Crippen molar-refractivity contribution in [2.45, 2.75) is 6.92 Å². The fourth-order valence-electron chi connectivity index (χ4n) is 1.80. The third-order valence-corrected chi connectivity index (χ3v) is 4.74. The van der Waals surface area contributed by atoms with Crippen molar-refractivity contribution in [2.75, 3.05) is 20.3 Å². The normalized spacial score (nSPS) is 11.3. The molecule has 0 atom stereocenters. The van der Waals surface area contributed by atoms with E-state index in [1.807, 2.05) is 31.2 Å². The predicted octanol–water partition coefficient (Wildman–Crippen LogP) is 3.90. The van der Waals surface area contributed by atoms with Crippen LogP contribution in [0.5, 0.6) is 0 Å². The number of halogens is 1. The van der Waals surface area contributed by atoms with Gasteiger partial charge in [-0.15, -0.1) is 11.3 Å². The SMILES string of the molecule is COCCNC(=S)N/N=C(/C)c1ccc(-c2ccc(Cl)cc2)s1. The quantitative estimate of drug-likeness (QED) is 0.352. The molecule has 23 heavy (non-hydrogen) atoms. The third-order valence-electron chi connectivity index (χ3n) is 3.01. The van der Waals surface area contributed by atoms with Gasteiger partial charge >= 0.3 is 0 Å². The molecule has 4 nitrogen and oxygen atoms in total. The van der Waals surface area contributed by atoms with E-state index in [-0.39, 0.29) is 0 Å². The second-order valence-electron chi connectivity index (χ2n) is 4.73. The lowest BCUT2D eigenvalue weighted by Crippen LogP contribution is -2.34. The van der Waals surface area contributed by atoms with Gasteiger partial charge in [-0.2, -0.15) is 5.10 Å². The summed E-state index contributed by atoms with van der Waals surface area (Å²) in [5, 5.41) is 8.53. The van der Waals surface area contributed by atoms with Crippen LogP contribution in [0.25, 0.3) is 10.4 Å².